The van der Waals surface area contributed by atoms with E-state index >= 15 is 0 Å². The van der Waals surface area contributed by atoms with Crippen molar-refractivity contribution in [3.8, 4) is 0 Å². The second-order valence-corrected chi connectivity index (χ2v) is 14.9. The number of allylic oxidation sites excluding steroid dienone is 1. The molecular formula is C35H44O11. The summed E-state index contributed by atoms with van der Waals surface area (Å²) in [4.78, 5) is 67.7. The Labute approximate surface area is 268 Å². The number of Topliss-reactive ketones (excluding diaryl/α,β-unsaturated/α-hetero) is 1. The first kappa shape index (κ1) is 32.5. The zero-order chi connectivity index (χ0) is 33.8. The Bertz CT molecular complexity index is 1520. The van der Waals surface area contributed by atoms with Gasteiger partial charge in [0.25, 0.3) is 0 Å². The van der Waals surface area contributed by atoms with Crippen molar-refractivity contribution in [2.24, 2.45) is 28.1 Å². The molecule has 2 aliphatic heterocycles. The topological polar surface area (TPSA) is 148 Å². The lowest BCUT2D eigenvalue weighted by molar-refractivity contribution is -0.280. The van der Waals surface area contributed by atoms with E-state index < -0.39 is 81.5 Å². The fraction of sp³-hybridized carbons (Fsp3) is 0.686. The number of hydrogen-bond acceptors (Lipinski definition) is 11. The van der Waals surface area contributed by atoms with E-state index in [1.54, 1.807) is 46.3 Å². The van der Waals surface area contributed by atoms with E-state index in [2.05, 4.69) is 0 Å². The number of ether oxygens (including phenoxy) is 5. The molecule has 0 amide bonds. The van der Waals surface area contributed by atoms with Crippen molar-refractivity contribution >= 4 is 29.7 Å². The molecule has 11 atom stereocenters. The van der Waals surface area contributed by atoms with E-state index in [9.17, 15) is 24.0 Å². The Morgan fingerprint density at radius 1 is 0.957 bits per heavy atom. The van der Waals surface area contributed by atoms with Crippen LogP contribution in [0.3, 0.4) is 0 Å². The summed E-state index contributed by atoms with van der Waals surface area (Å²) in [6.45, 7) is 15.1. The Balaban J connectivity index is 1.67. The number of epoxide rings is 1. The smallest absolute Gasteiger partial charge is 0.333 e. The molecule has 3 heterocycles. The third-order valence-corrected chi connectivity index (χ3v) is 12.5. The number of esters is 4. The Morgan fingerprint density at radius 2 is 1.63 bits per heavy atom. The highest BCUT2D eigenvalue weighted by atomic mass is 16.6. The molecule has 0 radical (unpaired) electrons. The van der Waals surface area contributed by atoms with Gasteiger partial charge in [0, 0.05) is 54.4 Å². The van der Waals surface area contributed by atoms with Gasteiger partial charge in [0.05, 0.1) is 30.5 Å². The van der Waals surface area contributed by atoms with Gasteiger partial charge in [0.15, 0.2) is 0 Å². The average Bonchev–Trinajstić information content (AvgIpc) is 3.33. The predicted octanol–water partition coefficient (Wildman–Crippen LogP) is 4.61. The number of rotatable bonds is 5. The number of fused-ring (bicyclic) bond motifs is 3. The summed E-state index contributed by atoms with van der Waals surface area (Å²) in [7, 11) is 0. The highest BCUT2D eigenvalue weighted by Gasteiger charge is 2.92. The minimum atomic E-state index is -1.32. The second kappa shape index (κ2) is 10.3. The van der Waals surface area contributed by atoms with Crippen LogP contribution in [0.1, 0.15) is 93.1 Å². The predicted molar refractivity (Wildman–Crippen MR) is 160 cm³/mol. The summed E-state index contributed by atoms with van der Waals surface area (Å²) in [6, 6.07) is 1.85. The average molecular weight is 641 g/mol. The third kappa shape index (κ3) is 4.02. The van der Waals surface area contributed by atoms with E-state index in [1.807, 2.05) is 26.8 Å². The molecule has 46 heavy (non-hydrogen) atoms. The highest BCUT2D eigenvalue weighted by Crippen LogP contribution is 2.82. The van der Waals surface area contributed by atoms with E-state index in [4.69, 9.17) is 28.1 Å². The van der Waals surface area contributed by atoms with Crippen molar-refractivity contribution < 1.29 is 52.1 Å². The van der Waals surface area contributed by atoms with Gasteiger partial charge < -0.3 is 28.1 Å². The number of hydrogen-bond donors (Lipinski definition) is 0. The molecular weight excluding hydrogens is 596 g/mol. The number of carbonyl (C=O) groups is 5. The van der Waals surface area contributed by atoms with Crippen LogP contribution in [0.15, 0.2) is 34.7 Å². The molecule has 1 unspecified atom stereocenters. The maximum absolute atomic E-state index is 15.0. The van der Waals surface area contributed by atoms with Crippen molar-refractivity contribution in [1.29, 1.82) is 0 Å². The van der Waals surface area contributed by atoms with Gasteiger partial charge >= 0.3 is 23.9 Å². The van der Waals surface area contributed by atoms with Crippen molar-refractivity contribution in [2.75, 3.05) is 0 Å². The molecule has 11 heteroatoms. The van der Waals surface area contributed by atoms with E-state index in [1.165, 1.54) is 13.8 Å². The van der Waals surface area contributed by atoms with Gasteiger partial charge in [-0.3, -0.25) is 19.2 Å². The molecule has 0 aromatic carbocycles. The zero-order valence-corrected chi connectivity index (χ0v) is 28.0. The van der Waals surface area contributed by atoms with Crippen molar-refractivity contribution in [1.82, 2.24) is 0 Å². The van der Waals surface area contributed by atoms with Crippen molar-refractivity contribution in [3.63, 3.8) is 0 Å². The largest absolute Gasteiger partial charge is 0.472 e. The van der Waals surface area contributed by atoms with Gasteiger partial charge in [0.1, 0.15) is 35.3 Å². The van der Waals surface area contributed by atoms with Gasteiger partial charge in [-0.05, 0) is 52.7 Å². The van der Waals surface area contributed by atoms with Crippen LogP contribution in [0.5, 0.6) is 0 Å². The van der Waals surface area contributed by atoms with Gasteiger partial charge in [0.2, 0.25) is 0 Å². The first-order chi connectivity index (χ1) is 21.4. The van der Waals surface area contributed by atoms with Gasteiger partial charge in [-0.25, -0.2) is 4.79 Å². The molecule has 5 aliphatic rings. The summed E-state index contributed by atoms with van der Waals surface area (Å²) in [5.74, 6) is -4.41. The molecule has 11 nitrogen and oxygen atoms in total. The van der Waals surface area contributed by atoms with E-state index in [-0.39, 0.29) is 30.6 Å². The summed E-state index contributed by atoms with van der Waals surface area (Å²) in [6.07, 6.45) is 1.38. The molecule has 250 valence electrons. The SMILES string of the molecule is C/C=C(\C)C(=O)O[C@H]1[C@H](OC(C)=O)C2[C@@]3(C)[C@@H](OC(C)=O)CC(=O)OC(C)(C)[C@@H]3CC(=O)[C@@]2(C)[C@@]23O[C@@H]2C[C@@H](c2ccoc2)[C@]13C. The Kier molecular flexibility index (Phi) is 7.24. The summed E-state index contributed by atoms with van der Waals surface area (Å²) >= 11 is 0. The minimum Gasteiger partial charge on any atom is -0.472 e. The quantitative estimate of drug-likeness (QED) is 0.192. The summed E-state index contributed by atoms with van der Waals surface area (Å²) in [5.41, 5.74) is -4.69. The summed E-state index contributed by atoms with van der Waals surface area (Å²) < 4.78 is 36.8. The monoisotopic (exact) mass is 640 g/mol. The lowest BCUT2D eigenvalue weighted by Gasteiger charge is -2.67. The zero-order valence-electron chi connectivity index (χ0n) is 28.0. The van der Waals surface area contributed by atoms with Crippen LogP contribution in [0.25, 0.3) is 0 Å². The normalized spacial score (nSPS) is 43.9. The fourth-order valence-electron chi connectivity index (χ4n) is 10.6. The molecule has 0 bridgehead atoms. The van der Waals surface area contributed by atoms with Crippen LogP contribution in [0.2, 0.25) is 0 Å². The van der Waals surface area contributed by atoms with Crippen LogP contribution < -0.4 is 0 Å². The van der Waals surface area contributed by atoms with Crippen molar-refractivity contribution in [2.45, 2.75) is 123 Å². The first-order valence-electron chi connectivity index (χ1n) is 16.0. The lowest BCUT2D eigenvalue weighted by Crippen LogP contribution is -2.78. The molecule has 6 rings (SSSR count). The maximum Gasteiger partial charge on any atom is 0.333 e. The molecule has 3 saturated carbocycles. The van der Waals surface area contributed by atoms with E-state index in [0.717, 1.165) is 5.56 Å². The van der Waals surface area contributed by atoms with Gasteiger partial charge in [-0.2, -0.15) is 0 Å². The molecule has 1 aromatic heterocycles. The van der Waals surface area contributed by atoms with Gasteiger partial charge in [-0.1, -0.05) is 19.9 Å². The summed E-state index contributed by atoms with van der Waals surface area (Å²) in [5, 5.41) is 0. The molecule has 0 N–H and O–H groups in total. The minimum absolute atomic E-state index is 0.000752. The number of furan rings is 1. The fourth-order valence-corrected chi connectivity index (χ4v) is 10.6. The first-order valence-corrected chi connectivity index (χ1v) is 16.0. The van der Waals surface area contributed by atoms with Crippen LogP contribution in [-0.2, 0) is 47.7 Å². The lowest BCUT2D eigenvalue weighted by atomic mass is 9.36. The Morgan fingerprint density at radius 3 is 2.22 bits per heavy atom. The molecule has 3 aliphatic carbocycles. The number of carbonyl (C=O) groups excluding carboxylic acids is 5. The standard InChI is InChI=1S/C35H44O11/c1-10-17(2)30(40)44-29-27(43-19(4)37)28-32(7)22(31(5,6)46-26(39)15-24(32)42-18(3)36)14-23(38)34(28,9)35-25(45-35)13-21(33(29,35)8)20-11-12-41-16-20/h10-12,16,21-22,24-25,27-29H,13-15H2,1-9H3/b17-10+/t21-,22-,24-,25+,27+,28?,29-,32+,33+,34+,35+/m0/s1. The highest BCUT2D eigenvalue weighted by molar-refractivity contribution is 5.91. The number of ketones is 1. The molecule has 5 fully saturated rings. The van der Waals surface area contributed by atoms with Crippen LogP contribution in [0, 0.1) is 28.1 Å². The molecule has 2 saturated heterocycles. The van der Waals surface area contributed by atoms with Crippen LogP contribution in [0.4, 0.5) is 0 Å². The maximum atomic E-state index is 15.0. The van der Waals surface area contributed by atoms with Crippen LogP contribution >= 0.6 is 0 Å². The second-order valence-electron chi connectivity index (χ2n) is 14.9. The van der Waals surface area contributed by atoms with Crippen molar-refractivity contribution in [3.05, 3.63) is 35.8 Å². The Hall–Kier alpha value is -3.47. The molecule has 1 spiro atoms. The number of cyclic esters (lactones) is 1. The molecule has 1 aromatic rings. The third-order valence-electron chi connectivity index (χ3n) is 12.5. The van der Waals surface area contributed by atoms with Gasteiger partial charge in [-0.15, -0.1) is 0 Å². The van der Waals surface area contributed by atoms with E-state index in [0.29, 0.717) is 12.0 Å². The van der Waals surface area contributed by atoms with Crippen LogP contribution in [-0.4, -0.2) is 65.3 Å².